The van der Waals surface area contributed by atoms with Crippen LogP contribution in [0.15, 0.2) is 23.9 Å². The summed E-state index contributed by atoms with van der Waals surface area (Å²) in [5.41, 5.74) is 1.21. The van der Waals surface area contributed by atoms with Crippen LogP contribution in [-0.4, -0.2) is 24.6 Å². The van der Waals surface area contributed by atoms with Crippen molar-refractivity contribution in [1.82, 2.24) is 10.3 Å². The maximum atomic E-state index is 13.2. The zero-order valence-corrected chi connectivity index (χ0v) is 8.76. The molecule has 0 atom stereocenters. The molecule has 1 aromatic heterocycles. The van der Waals surface area contributed by atoms with Crippen molar-refractivity contribution in [3.8, 4) is 0 Å². The number of hydrogen-bond donors (Lipinski definition) is 2. The summed E-state index contributed by atoms with van der Waals surface area (Å²) in [6, 6.07) is 0.826. The van der Waals surface area contributed by atoms with Gasteiger partial charge in [0.15, 0.2) is 11.6 Å². The van der Waals surface area contributed by atoms with Gasteiger partial charge >= 0.3 is 0 Å². The fraction of sp³-hybridized carbons (Fsp3) is 0.364. The van der Waals surface area contributed by atoms with E-state index in [4.69, 9.17) is 0 Å². The van der Waals surface area contributed by atoms with Gasteiger partial charge in [-0.2, -0.15) is 0 Å². The third-order valence-electron chi connectivity index (χ3n) is 2.45. The second-order valence-corrected chi connectivity index (χ2v) is 3.65. The van der Waals surface area contributed by atoms with Crippen molar-refractivity contribution in [2.75, 3.05) is 25.0 Å². The third kappa shape index (κ3) is 2.76. The molecule has 0 saturated carbocycles. The third-order valence-corrected chi connectivity index (χ3v) is 2.45. The van der Waals surface area contributed by atoms with Crippen LogP contribution in [0.4, 0.5) is 14.6 Å². The number of rotatable bonds is 3. The highest BCUT2D eigenvalue weighted by Crippen LogP contribution is 2.12. The van der Waals surface area contributed by atoms with E-state index in [1.165, 1.54) is 5.57 Å². The van der Waals surface area contributed by atoms with Crippen molar-refractivity contribution in [2.45, 2.75) is 6.42 Å². The Balaban J connectivity index is 1.96. The minimum absolute atomic E-state index is 0.0980. The van der Waals surface area contributed by atoms with E-state index in [1.54, 1.807) is 0 Å². The Labute approximate surface area is 92.6 Å². The van der Waals surface area contributed by atoms with E-state index in [0.29, 0.717) is 6.54 Å². The normalized spacial score (nSPS) is 15.8. The van der Waals surface area contributed by atoms with Gasteiger partial charge in [0, 0.05) is 19.2 Å². The van der Waals surface area contributed by atoms with Gasteiger partial charge in [-0.1, -0.05) is 11.6 Å². The summed E-state index contributed by atoms with van der Waals surface area (Å²) in [7, 11) is 0. The number of hydrogen-bond acceptors (Lipinski definition) is 3. The number of aromatic nitrogens is 1. The van der Waals surface area contributed by atoms with Crippen molar-refractivity contribution < 1.29 is 8.78 Å². The zero-order chi connectivity index (χ0) is 11.4. The van der Waals surface area contributed by atoms with Crippen molar-refractivity contribution in [2.24, 2.45) is 0 Å². The smallest absolute Gasteiger partial charge is 0.168 e. The van der Waals surface area contributed by atoms with Crippen molar-refractivity contribution >= 4 is 5.82 Å². The molecule has 0 spiro atoms. The van der Waals surface area contributed by atoms with Crippen molar-refractivity contribution in [3.05, 3.63) is 35.5 Å². The molecule has 1 aliphatic heterocycles. The van der Waals surface area contributed by atoms with Crippen LogP contribution >= 0.6 is 0 Å². The molecule has 1 aromatic rings. The summed E-state index contributed by atoms with van der Waals surface area (Å²) in [4.78, 5) is 3.66. The molecule has 1 aliphatic rings. The van der Waals surface area contributed by atoms with Gasteiger partial charge in [-0.15, -0.1) is 0 Å². The van der Waals surface area contributed by atoms with Crippen LogP contribution in [0.3, 0.4) is 0 Å². The Morgan fingerprint density at radius 3 is 3.00 bits per heavy atom. The van der Waals surface area contributed by atoms with Gasteiger partial charge in [0.2, 0.25) is 0 Å². The highest BCUT2D eigenvalue weighted by atomic mass is 19.1. The summed E-state index contributed by atoms with van der Waals surface area (Å²) in [6.07, 6.45) is 4.01. The molecule has 0 bridgehead atoms. The van der Waals surface area contributed by atoms with Crippen LogP contribution in [0.2, 0.25) is 0 Å². The van der Waals surface area contributed by atoms with Gasteiger partial charge in [-0.25, -0.2) is 13.8 Å². The lowest BCUT2D eigenvalue weighted by Gasteiger charge is -2.15. The van der Waals surface area contributed by atoms with Crippen LogP contribution in [0.1, 0.15) is 6.42 Å². The van der Waals surface area contributed by atoms with Crippen LogP contribution in [0.5, 0.6) is 0 Å². The molecule has 0 amide bonds. The van der Waals surface area contributed by atoms with Crippen molar-refractivity contribution in [1.29, 1.82) is 0 Å². The average molecular weight is 225 g/mol. The first-order valence-electron chi connectivity index (χ1n) is 5.19. The van der Waals surface area contributed by atoms with Crippen LogP contribution in [-0.2, 0) is 0 Å². The second kappa shape index (κ2) is 5.03. The first-order valence-corrected chi connectivity index (χ1v) is 5.19. The van der Waals surface area contributed by atoms with Gasteiger partial charge in [0.05, 0.1) is 6.20 Å². The van der Waals surface area contributed by atoms with Gasteiger partial charge in [0.1, 0.15) is 5.82 Å². The number of halogens is 2. The number of anilines is 1. The molecular formula is C11H13F2N3. The maximum Gasteiger partial charge on any atom is 0.168 e. The van der Waals surface area contributed by atoms with E-state index < -0.39 is 11.6 Å². The first-order chi connectivity index (χ1) is 7.75. The van der Waals surface area contributed by atoms with Crippen LogP contribution in [0.25, 0.3) is 0 Å². The molecule has 2 N–H and O–H groups in total. The standard InChI is InChI=1S/C11H13F2N3/c12-9-5-10(13)11(16-7-9)15-6-8-1-3-14-4-2-8/h1,5,7,14H,2-4,6H2,(H,15,16). The Morgan fingerprint density at radius 2 is 2.31 bits per heavy atom. The Morgan fingerprint density at radius 1 is 1.44 bits per heavy atom. The summed E-state index contributed by atoms with van der Waals surface area (Å²) < 4.78 is 25.8. The first kappa shape index (κ1) is 11.0. The highest BCUT2D eigenvalue weighted by Gasteiger charge is 2.07. The highest BCUT2D eigenvalue weighted by molar-refractivity contribution is 5.37. The molecule has 0 unspecified atom stereocenters. The molecule has 86 valence electrons. The average Bonchev–Trinajstić information content (AvgIpc) is 2.29. The molecule has 0 saturated heterocycles. The predicted molar refractivity (Wildman–Crippen MR) is 58.2 cm³/mol. The Hall–Kier alpha value is -1.49. The van der Waals surface area contributed by atoms with E-state index in [9.17, 15) is 8.78 Å². The van der Waals surface area contributed by atoms with E-state index >= 15 is 0 Å². The fourth-order valence-electron chi connectivity index (χ4n) is 1.57. The number of nitrogens with one attached hydrogen (secondary N) is 2. The fourth-order valence-corrected chi connectivity index (χ4v) is 1.57. The molecule has 2 heterocycles. The van der Waals surface area contributed by atoms with E-state index in [-0.39, 0.29) is 5.82 Å². The maximum absolute atomic E-state index is 13.2. The second-order valence-electron chi connectivity index (χ2n) is 3.65. The molecule has 5 heteroatoms. The quantitative estimate of drug-likeness (QED) is 0.769. The molecule has 0 aliphatic carbocycles. The Bertz CT molecular complexity index is 404. The van der Waals surface area contributed by atoms with Gasteiger partial charge < -0.3 is 10.6 Å². The minimum Gasteiger partial charge on any atom is -0.364 e. The van der Waals surface area contributed by atoms with Crippen molar-refractivity contribution in [3.63, 3.8) is 0 Å². The Kier molecular flexibility index (Phi) is 3.46. The molecule has 0 fully saturated rings. The summed E-state index contributed by atoms with van der Waals surface area (Å²) in [5.74, 6) is -1.22. The summed E-state index contributed by atoms with van der Waals surface area (Å²) in [5, 5.41) is 6.05. The SMILES string of the molecule is Fc1cnc(NCC2=CCNCC2)c(F)c1. The van der Waals surface area contributed by atoms with E-state index in [1.807, 2.05) is 0 Å². The summed E-state index contributed by atoms with van der Waals surface area (Å²) >= 11 is 0. The monoisotopic (exact) mass is 225 g/mol. The summed E-state index contributed by atoms with van der Waals surface area (Å²) in [6.45, 7) is 2.33. The van der Waals surface area contributed by atoms with Gasteiger partial charge in [-0.3, -0.25) is 0 Å². The minimum atomic E-state index is -0.663. The molecule has 0 aromatic carbocycles. The van der Waals surface area contributed by atoms with E-state index in [2.05, 4.69) is 21.7 Å². The van der Waals surface area contributed by atoms with Crippen LogP contribution in [0, 0.1) is 11.6 Å². The molecule has 2 rings (SSSR count). The van der Waals surface area contributed by atoms with Gasteiger partial charge in [-0.05, 0) is 13.0 Å². The molecule has 3 nitrogen and oxygen atoms in total. The zero-order valence-electron chi connectivity index (χ0n) is 8.76. The lowest BCUT2D eigenvalue weighted by atomic mass is 10.1. The number of pyridine rings is 1. The lowest BCUT2D eigenvalue weighted by Crippen LogP contribution is -2.23. The predicted octanol–water partition coefficient (Wildman–Crippen LogP) is 1.69. The largest absolute Gasteiger partial charge is 0.364 e. The topological polar surface area (TPSA) is 37.0 Å². The van der Waals surface area contributed by atoms with Gasteiger partial charge in [0.25, 0.3) is 0 Å². The molecular weight excluding hydrogens is 212 g/mol. The number of nitrogens with zero attached hydrogens (tertiary/aromatic N) is 1. The molecule has 0 radical (unpaired) electrons. The lowest BCUT2D eigenvalue weighted by molar-refractivity contribution is 0.575. The van der Waals surface area contributed by atoms with Crippen LogP contribution < -0.4 is 10.6 Å². The molecule has 16 heavy (non-hydrogen) atoms. The van der Waals surface area contributed by atoms with E-state index in [0.717, 1.165) is 31.8 Å².